The van der Waals surface area contributed by atoms with Crippen LogP contribution >= 0.6 is 0 Å². The van der Waals surface area contributed by atoms with Crippen LogP contribution in [0.3, 0.4) is 0 Å². The summed E-state index contributed by atoms with van der Waals surface area (Å²) in [5.41, 5.74) is 1.00. The number of para-hydroxylation sites is 1. The third kappa shape index (κ3) is 6.77. The number of hydrogen-bond acceptors (Lipinski definition) is 3. The van der Waals surface area contributed by atoms with Gasteiger partial charge < -0.3 is 15.0 Å². The molecule has 5 nitrogen and oxygen atoms in total. The summed E-state index contributed by atoms with van der Waals surface area (Å²) in [6, 6.07) is 18.7. The molecule has 27 heavy (non-hydrogen) atoms. The van der Waals surface area contributed by atoms with E-state index >= 15 is 0 Å². The lowest BCUT2D eigenvalue weighted by Gasteiger charge is -2.28. The van der Waals surface area contributed by atoms with Crippen molar-refractivity contribution in [3.63, 3.8) is 0 Å². The molecule has 0 aromatic heterocycles. The first-order valence-corrected chi connectivity index (χ1v) is 9.40. The van der Waals surface area contributed by atoms with Gasteiger partial charge in [0.15, 0.2) is 0 Å². The number of carbonyl (C=O) groups is 2. The van der Waals surface area contributed by atoms with Crippen molar-refractivity contribution in [2.75, 3.05) is 13.2 Å². The van der Waals surface area contributed by atoms with E-state index in [-0.39, 0.29) is 11.8 Å². The van der Waals surface area contributed by atoms with Gasteiger partial charge in [-0.25, -0.2) is 0 Å². The normalized spacial score (nSPS) is 11.5. The molecule has 144 valence electrons. The third-order valence-corrected chi connectivity index (χ3v) is 4.26. The number of rotatable bonds is 10. The summed E-state index contributed by atoms with van der Waals surface area (Å²) in [6.45, 7) is 5.06. The van der Waals surface area contributed by atoms with Crippen molar-refractivity contribution in [2.24, 2.45) is 0 Å². The molecule has 0 saturated carbocycles. The first kappa shape index (κ1) is 20.5. The van der Waals surface area contributed by atoms with Crippen LogP contribution in [0.4, 0.5) is 0 Å². The summed E-state index contributed by atoms with van der Waals surface area (Å²) in [5.74, 6) is 0.610. The molecule has 0 aliphatic carbocycles. The Kier molecular flexibility index (Phi) is 8.36. The number of benzene rings is 2. The topological polar surface area (TPSA) is 58.6 Å². The van der Waals surface area contributed by atoms with Crippen LogP contribution in [-0.4, -0.2) is 35.9 Å². The summed E-state index contributed by atoms with van der Waals surface area (Å²) in [5, 5.41) is 2.80. The molecule has 0 bridgehead atoms. The largest absolute Gasteiger partial charge is 0.494 e. The average Bonchev–Trinajstić information content (AvgIpc) is 2.70. The maximum atomic E-state index is 12.8. The van der Waals surface area contributed by atoms with Crippen LogP contribution < -0.4 is 10.1 Å². The second kappa shape index (κ2) is 11.0. The molecule has 0 aliphatic rings. The summed E-state index contributed by atoms with van der Waals surface area (Å²) >= 11 is 0. The highest BCUT2D eigenvalue weighted by Crippen LogP contribution is 2.13. The number of likely N-dealkylation sites (N-methyl/N-ethyl adjacent to an activating group) is 1. The van der Waals surface area contributed by atoms with Gasteiger partial charge in [0, 0.05) is 19.5 Å². The van der Waals surface area contributed by atoms with E-state index in [1.165, 1.54) is 0 Å². The van der Waals surface area contributed by atoms with Gasteiger partial charge in [0.2, 0.25) is 11.8 Å². The molecular weight excluding hydrogens is 340 g/mol. The minimum atomic E-state index is -0.521. The van der Waals surface area contributed by atoms with E-state index in [0.29, 0.717) is 32.5 Å². The lowest BCUT2D eigenvalue weighted by molar-refractivity contribution is -0.140. The van der Waals surface area contributed by atoms with Gasteiger partial charge >= 0.3 is 0 Å². The molecule has 0 saturated heterocycles. The van der Waals surface area contributed by atoms with Gasteiger partial charge in [-0.15, -0.1) is 0 Å². The highest BCUT2D eigenvalue weighted by molar-refractivity contribution is 5.87. The van der Waals surface area contributed by atoms with Crippen LogP contribution in [0.1, 0.15) is 32.3 Å². The fraction of sp³-hybridized carbons (Fsp3) is 0.364. The number of nitrogens with one attached hydrogen (secondary N) is 1. The maximum Gasteiger partial charge on any atom is 0.242 e. The van der Waals surface area contributed by atoms with Crippen LogP contribution in [-0.2, 0) is 16.1 Å². The fourth-order valence-electron chi connectivity index (χ4n) is 2.76. The van der Waals surface area contributed by atoms with Gasteiger partial charge in [-0.3, -0.25) is 9.59 Å². The standard InChI is InChI=1S/C22H28N2O3/c1-3-23-22(26)18(2)24(17-19-11-6-4-7-12-19)21(25)15-10-16-27-20-13-8-5-9-14-20/h4-9,11-14,18H,3,10,15-17H2,1-2H3,(H,23,26). The van der Waals surface area contributed by atoms with Crippen molar-refractivity contribution < 1.29 is 14.3 Å². The monoisotopic (exact) mass is 368 g/mol. The smallest absolute Gasteiger partial charge is 0.242 e. The van der Waals surface area contributed by atoms with Gasteiger partial charge in [0.05, 0.1) is 6.61 Å². The summed E-state index contributed by atoms with van der Waals surface area (Å²) in [7, 11) is 0. The van der Waals surface area contributed by atoms with Crippen LogP contribution in [0.5, 0.6) is 5.75 Å². The van der Waals surface area contributed by atoms with Crippen LogP contribution in [0.15, 0.2) is 60.7 Å². The van der Waals surface area contributed by atoms with Crippen molar-refractivity contribution in [2.45, 2.75) is 39.3 Å². The number of amides is 2. The van der Waals surface area contributed by atoms with E-state index in [1.54, 1.807) is 11.8 Å². The highest BCUT2D eigenvalue weighted by atomic mass is 16.5. The van der Waals surface area contributed by atoms with E-state index < -0.39 is 6.04 Å². The molecule has 0 radical (unpaired) electrons. The molecule has 1 atom stereocenters. The number of hydrogen-bond donors (Lipinski definition) is 1. The lowest BCUT2D eigenvalue weighted by Crippen LogP contribution is -2.47. The van der Waals surface area contributed by atoms with Gasteiger partial charge in [0.25, 0.3) is 0 Å². The van der Waals surface area contributed by atoms with E-state index in [9.17, 15) is 9.59 Å². The molecule has 0 spiro atoms. The van der Waals surface area contributed by atoms with E-state index in [1.807, 2.05) is 67.6 Å². The van der Waals surface area contributed by atoms with Gasteiger partial charge in [-0.05, 0) is 38.0 Å². The first-order chi connectivity index (χ1) is 13.1. The number of ether oxygens (including phenoxy) is 1. The zero-order valence-corrected chi connectivity index (χ0v) is 16.1. The number of carbonyl (C=O) groups excluding carboxylic acids is 2. The van der Waals surface area contributed by atoms with E-state index in [2.05, 4.69) is 5.32 Å². The van der Waals surface area contributed by atoms with Crippen molar-refractivity contribution in [1.82, 2.24) is 10.2 Å². The van der Waals surface area contributed by atoms with Gasteiger partial charge in [0.1, 0.15) is 11.8 Å². The Morgan fingerprint density at radius 1 is 1.04 bits per heavy atom. The predicted molar refractivity (Wildman–Crippen MR) is 106 cm³/mol. The summed E-state index contributed by atoms with van der Waals surface area (Å²) < 4.78 is 5.65. The average molecular weight is 368 g/mol. The summed E-state index contributed by atoms with van der Waals surface area (Å²) in [6.07, 6.45) is 0.935. The molecule has 0 heterocycles. The van der Waals surface area contributed by atoms with Crippen molar-refractivity contribution in [3.8, 4) is 5.75 Å². The minimum Gasteiger partial charge on any atom is -0.494 e. The van der Waals surface area contributed by atoms with E-state index in [0.717, 1.165) is 11.3 Å². The molecule has 5 heteroatoms. The van der Waals surface area contributed by atoms with Crippen LogP contribution in [0.2, 0.25) is 0 Å². The van der Waals surface area contributed by atoms with Crippen molar-refractivity contribution >= 4 is 11.8 Å². The van der Waals surface area contributed by atoms with Crippen LogP contribution in [0.25, 0.3) is 0 Å². The molecular formula is C22H28N2O3. The highest BCUT2D eigenvalue weighted by Gasteiger charge is 2.25. The molecule has 0 fully saturated rings. The Balaban J connectivity index is 1.94. The SMILES string of the molecule is CCNC(=O)C(C)N(Cc1ccccc1)C(=O)CCCOc1ccccc1. The Morgan fingerprint density at radius 3 is 2.30 bits per heavy atom. The third-order valence-electron chi connectivity index (χ3n) is 4.26. The minimum absolute atomic E-state index is 0.0470. The van der Waals surface area contributed by atoms with Crippen LogP contribution in [0, 0.1) is 0 Å². The maximum absolute atomic E-state index is 12.8. The quantitative estimate of drug-likeness (QED) is 0.654. The Hall–Kier alpha value is -2.82. The molecule has 2 aromatic rings. The molecule has 1 N–H and O–H groups in total. The molecule has 2 rings (SSSR count). The number of nitrogens with zero attached hydrogens (tertiary/aromatic N) is 1. The fourth-order valence-corrected chi connectivity index (χ4v) is 2.76. The molecule has 1 unspecified atom stereocenters. The Morgan fingerprint density at radius 2 is 1.67 bits per heavy atom. The Labute approximate surface area is 161 Å². The molecule has 2 amide bonds. The van der Waals surface area contributed by atoms with Gasteiger partial charge in [-0.1, -0.05) is 48.5 Å². The molecule has 2 aromatic carbocycles. The predicted octanol–water partition coefficient (Wildman–Crippen LogP) is 3.40. The lowest BCUT2D eigenvalue weighted by atomic mass is 10.1. The zero-order chi connectivity index (χ0) is 19.5. The van der Waals surface area contributed by atoms with Crippen molar-refractivity contribution in [3.05, 3.63) is 66.2 Å². The summed E-state index contributed by atoms with van der Waals surface area (Å²) in [4.78, 5) is 26.7. The first-order valence-electron chi connectivity index (χ1n) is 9.40. The second-order valence-corrected chi connectivity index (χ2v) is 6.34. The van der Waals surface area contributed by atoms with E-state index in [4.69, 9.17) is 4.74 Å². The Bertz CT molecular complexity index is 704. The second-order valence-electron chi connectivity index (χ2n) is 6.34. The van der Waals surface area contributed by atoms with Crippen molar-refractivity contribution in [1.29, 1.82) is 0 Å². The zero-order valence-electron chi connectivity index (χ0n) is 16.1. The van der Waals surface area contributed by atoms with Gasteiger partial charge in [-0.2, -0.15) is 0 Å². The molecule has 0 aliphatic heterocycles.